The number of ketones is 1. The summed E-state index contributed by atoms with van der Waals surface area (Å²) in [7, 11) is 0. The van der Waals surface area contributed by atoms with Crippen LogP contribution >= 0.6 is 0 Å². The summed E-state index contributed by atoms with van der Waals surface area (Å²) >= 11 is 0. The number of rotatable bonds is 4. The Balaban J connectivity index is 2.09. The van der Waals surface area contributed by atoms with Gasteiger partial charge in [-0.3, -0.25) is 14.6 Å². The van der Waals surface area contributed by atoms with Crippen LogP contribution in [0.1, 0.15) is 37.9 Å². The number of phenolic OH excluding ortho intramolecular Hbond substituents is 1. The van der Waals surface area contributed by atoms with E-state index in [9.17, 15) is 19.8 Å². The third kappa shape index (κ3) is 3.56. The molecular weight excluding hydrogens is 344 g/mol. The van der Waals surface area contributed by atoms with Crippen molar-refractivity contribution in [2.24, 2.45) is 5.41 Å². The first-order chi connectivity index (χ1) is 12.7. The minimum Gasteiger partial charge on any atom is -0.508 e. The number of phenols is 1. The minimum atomic E-state index is -0.761. The largest absolute Gasteiger partial charge is 0.508 e. The lowest BCUT2D eigenvalue weighted by molar-refractivity contribution is -0.130. The number of aliphatic hydroxyl groups is 1. The van der Waals surface area contributed by atoms with Crippen LogP contribution in [-0.4, -0.2) is 31.8 Å². The van der Waals surface area contributed by atoms with Gasteiger partial charge in [0.1, 0.15) is 5.75 Å². The molecule has 1 aliphatic heterocycles. The van der Waals surface area contributed by atoms with E-state index in [0.717, 1.165) is 5.56 Å². The molecule has 140 valence electrons. The first-order valence-electron chi connectivity index (χ1n) is 8.67. The van der Waals surface area contributed by atoms with Crippen molar-refractivity contribution in [1.82, 2.24) is 9.88 Å². The molecule has 2 aromatic rings. The number of aliphatic hydroxyl groups excluding tert-OH is 1. The monoisotopic (exact) mass is 366 g/mol. The zero-order valence-electron chi connectivity index (χ0n) is 15.5. The molecule has 27 heavy (non-hydrogen) atoms. The number of nitrogens with zero attached hydrogens (tertiary/aromatic N) is 2. The number of aromatic nitrogens is 1. The van der Waals surface area contributed by atoms with Crippen molar-refractivity contribution in [2.75, 3.05) is 0 Å². The molecule has 1 unspecified atom stereocenters. The van der Waals surface area contributed by atoms with Crippen LogP contribution in [0.5, 0.6) is 5.75 Å². The number of Topliss-reactive ketones (excluding diaryl/α,β-unsaturated/α-hetero) is 1. The predicted molar refractivity (Wildman–Crippen MR) is 99.8 cm³/mol. The van der Waals surface area contributed by atoms with Crippen LogP contribution in [0.15, 0.2) is 60.1 Å². The van der Waals surface area contributed by atoms with E-state index in [0.29, 0.717) is 5.56 Å². The van der Waals surface area contributed by atoms with E-state index in [1.165, 1.54) is 17.0 Å². The van der Waals surface area contributed by atoms with Crippen molar-refractivity contribution in [3.8, 4) is 5.75 Å². The Kier molecular flexibility index (Phi) is 4.74. The number of benzene rings is 1. The lowest BCUT2D eigenvalue weighted by atomic mass is 9.82. The maximum atomic E-state index is 13.0. The molecule has 0 radical (unpaired) electrons. The molecule has 1 aliphatic rings. The van der Waals surface area contributed by atoms with E-state index in [-0.39, 0.29) is 23.7 Å². The van der Waals surface area contributed by atoms with Gasteiger partial charge in [-0.25, -0.2) is 0 Å². The Labute approximate surface area is 157 Å². The molecule has 6 heteroatoms. The lowest BCUT2D eigenvalue weighted by Gasteiger charge is -2.29. The Morgan fingerprint density at radius 2 is 1.81 bits per heavy atom. The van der Waals surface area contributed by atoms with Crippen LogP contribution < -0.4 is 0 Å². The maximum absolute atomic E-state index is 13.0. The van der Waals surface area contributed by atoms with E-state index in [1.807, 2.05) is 6.07 Å². The zero-order valence-corrected chi connectivity index (χ0v) is 15.5. The predicted octanol–water partition coefficient (Wildman–Crippen LogP) is 3.30. The molecule has 0 saturated carbocycles. The van der Waals surface area contributed by atoms with E-state index in [2.05, 4.69) is 4.98 Å². The summed E-state index contributed by atoms with van der Waals surface area (Å²) in [6.45, 7) is 5.44. The van der Waals surface area contributed by atoms with Crippen LogP contribution in [-0.2, 0) is 16.1 Å². The maximum Gasteiger partial charge on any atom is 0.290 e. The Hall–Kier alpha value is -3.15. The fourth-order valence-corrected chi connectivity index (χ4v) is 3.14. The molecule has 0 aliphatic carbocycles. The van der Waals surface area contributed by atoms with E-state index in [4.69, 9.17) is 0 Å². The average Bonchev–Trinajstić information content (AvgIpc) is 2.87. The van der Waals surface area contributed by atoms with Crippen molar-refractivity contribution in [1.29, 1.82) is 0 Å². The molecule has 0 spiro atoms. The number of hydrogen-bond acceptors (Lipinski definition) is 5. The molecule has 0 saturated heterocycles. The molecule has 3 rings (SSSR count). The smallest absolute Gasteiger partial charge is 0.290 e. The molecule has 1 aromatic heterocycles. The Bertz CT molecular complexity index is 896. The van der Waals surface area contributed by atoms with Gasteiger partial charge in [0.25, 0.3) is 5.91 Å². The van der Waals surface area contributed by atoms with Gasteiger partial charge in [-0.2, -0.15) is 0 Å². The first-order valence-corrected chi connectivity index (χ1v) is 8.67. The Morgan fingerprint density at radius 1 is 1.15 bits per heavy atom. The lowest BCUT2D eigenvalue weighted by Crippen LogP contribution is -2.32. The van der Waals surface area contributed by atoms with Gasteiger partial charge in [-0.1, -0.05) is 39.0 Å². The highest BCUT2D eigenvalue weighted by molar-refractivity contribution is 6.10. The minimum absolute atomic E-state index is 0.0822. The van der Waals surface area contributed by atoms with Gasteiger partial charge in [-0.15, -0.1) is 0 Å². The fraction of sp³-hybridized carbons (Fsp3) is 0.286. The van der Waals surface area contributed by atoms with Gasteiger partial charge >= 0.3 is 0 Å². The second-order valence-electron chi connectivity index (χ2n) is 7.63. The average molecular weight is 366 g/mol. The van der Waals surface area contributed by atoms with Gasteiger partial charge in [0.15, 0.2) is 11.5 Å². The number of pyridine rings is 1. The molecule has 0 bridgehead atoms. The summed E-state index contributed by atoms with van der Waals surface area (Å²) in [6, 6.07) is 9.16. The summed E-state index contributed by atoms with van der Waals surface area (Å²) in [4.78, 5) is 31.3. The van der Waals surface area contributed by atoms with Crippen LogP contribution in [0.2, 0.25) is 0 Å². The zero-order chi connectivity index (χ0) is 19.8. The van der Waals surface area contributed by atoms with Crippen molar-refractivity contribution >= 4 is 11.7 Å². The van der Waals surface area contributed by atoms with Crippen LogP contribution in [0.3, 0.4) is 0 Å². The second kappa shape index (κ2) is 6.87. The van der Waals surface area contributed by atoms with Crippen LogP contribution in [0.4, 0.5) is 0 Å². The summed E-state index contributed by atoms with van der Waals surface area (Å²) in [5.74, 6) is -1.32. The summed E-state index contributed by atoms with van der Waals surface area (Å²) < 4.78 is 0. The highest BCUT2D eigenvalue weighted by Gasteiger charge is 2.45. The number of carbonyl (C=O) groups excluding carboxylic acids is 2. The van der Waals surface area contributed by atoms with Gasteiger partial charge in [0.05, 0.1) is 11.6 Å². The Morgan fingerprint density at radius 3 is 2.37 bits per heavy atom. The van der Waals surface area contributed by atoms with Crippen molar-refractivity contribution < 1.29 is 19.8 Å². The quantitative estimate of drug-likeness (QED) is 0.866. The number of carbonyl (C=O) groups is 2. The van der Waals surface area contributed by atoms with Gasteiger partial charge in [0.2, 0.25) is 0 Å². The van der Waals surface area contributed by atoms with Crippen molar-refractivity contribution in [3.05, 3.63) is 71.3 Å². The van der Waals surface area contributed by atoms with Crippen molar-refractivity contribution in [3.63, 3.8) is 0 Å². The molecule has 1 atom stereocenters. The third-order valence-corrected chi connectivity index (χ3v) is 4.51. The van der Waals surface area contributed by atoms with E-state index >= 15 is 0 Å². The molecule has 2 N–H and O–H groups in total. The first kappa shape index (κ1) is 18.6. The highest BCUT2D eigenvalue weighted by atomic mass is 16.3. The molecule has 1 aromatic carbocycles. The third-order valence-electron chi connectivity index (χ3n) is 4.51. The fourth-order valence-electron chi connectivity index (χ4n) is 3.14. The molecule has 2 heterocycles. The normalized spacial score (nSPS) is 17.5. The van der Waals surface area contributed by atoms with E-state index in [1.54, 1.807) is 51.4 Å². The standard InChI is InChI=1S/C21H22N2O4/c1-21(2,3)19(26)16-17(14-6-8-15(24)9-7-14)23(20(27)18(16)25)12-13-5-4-10-22-11-13/h4-11,17,24-25H,12H2,1-3H3. The highest BCUT2D eigenvalue weighted by Crippen LogP contribution is 2.41. The van der Waals surface area contributed by atoms with Crippen LogP contribution in [0, 0.1) is 5.41 Å². The molecule has 0 fully saturated rings. The number of aromatic hydroxyl groups is 1. The van der Waals surface area contributed by atoms with Gasteiger partial charge in [0, 0.05) is 24.4 Å². The number of hydrogen-bond donors (Lipinski definition) is 2. The number of amides is 1. The SMILES string of the molecule is CC(C)(C)C(=O)C1=C(O)C(=O)N(Cc2cccnc2)C1c1ccc(O)cc1. The topological polar surface area (TPSA) is 90.7 Å². The summed E-state index contributed by atoms with van der Waals surface area (Å²) in [5.41, 5.74) is 0.749. The van der Waals surface area contributed by atoms with Gasteiger partial charge < -0.3 is 15.1 Å². The summed E-state index contributed by atoms with van der Waals surface area (Å²) in [6.07, 6.45) is 3.28. The van der Waals surface area contributed by atoms with Gasteiger partial charge in [-0.05, 0) is 29.3 Å². The molecular formula is C21H22N2O4. The second-order valence-corrected chi connectivity index (χ2v) is 7.63. The van der Waals surface area contributed by atoms with Crippen molar-refractivity contribution in [2.45, 2.75) is 33.4 Å². The molecule has 1 amide bonds. The molecule has 6 nitrogen and oxygen atoms in total. The van der Waals surface area contributed by atoms with Crippen LogP contribution in [0.25, 0.3) is 0 Å². The van der Waals surface area contributed by atoms with E-state index < -0.39 is 23.1 Å². The summed E-state index contributed by atoms with van der Waals surface area (Å²) in [5, 5.41) is 20.1.